The van der Waals surface area contributed by atoms with Crippen LogP contribution in [0, 0.1) is 0 Å². The molecule has 0 aliphatic heterocycles. The Morgan fingerprint density at radius 3 is 3.00 bits per heavy atom. The molecule has 1 aromatic carbocycles. The van der Waals surface area contributed by atoms with Gasteiger partial charge in [0.25, 0.3) is 0 Å². The molecule has 1 heterocycles. The van der Waals surface area contributed by atoms with Crippen molar-refractivity contribution < 1.29 is 4.74 Å². The molecule has 5 heteroatoms. The fourth-order valence-electron chi connectivity index (χ4n) is 1.03. The van der Waals surface area contributed by atoms with Gasteiger partial charge in [-0.15, -0.1) is 0 Å². The summed E-state index contributed by atoms with van der Waals surface area (Å²) in [5, 5.41) is 0. The topological polar surface area (TPSA) is 61.0 Å². The minimum Gasteiger partial charge on any atom is -0.495 e. The van der Waals surface area contributed by atoms with Crippen LogP contribution in [-0.4, -0.2) is 15.9 Å². The third kappa shape index (κ3) is 0.902. The zero-order valence-electron chi connectivity index (χ0n) is 6.44. The van der Waals surface area contributed by atoms with Gasteiger partial charge >= 0.3 is 0 Å². The molecule has 0 radical (unpaired) electrons. The van der Waals surface area contributed by atoms with Gasteiger partial charge in [0.1, 0.15) is 22.5 Å². The summed E-state index contributed by atoms with van der Waals surface area (Å²) in [5.74, 6) is 0.648. The van der Waals surface area contributed by atoms with Gasteiger partial charge in [0.15, 0.2) is 0 Å². The number of hydrogen-bond acceptors (Lipinski definition) is 5. The van der Waals surface area contributed by atoms with Gasteiger partial charge in [0.2, 0.25) is 0 Å². The molecule has 0 aliphatic rings. The minimum atomic E-state index is 0.559. The number of fused-ring (bicyclic) bond motifs is 1. The molecule has 62 valence electrons. The maximum Gasteiger partial charge on any atom is 0.144 e. The molecule has 0 bridgehead atoms. The molecule has 0 fully saturated rings. The predicted octanol–water partition coefficient (Wildman–Crippen LogP) is 1.28. The first kappa shape index (κ1) is 7.30. The van der Waals surface area contributed by atoms with Gasteiger partial charge in [-0.05, 0) is 12.1 Å². The van der Waals surface area contributed by atoms with Crippen molar-refractivity contribution in [1.29, 1.82) is 0 Å². The molecule has 4 nitrogen and oxygen atoms in total. The lowest BCUT2D eigenvalue weighted by atomic mass is 10.2. The van der Waals surface area contributed by atoms with Crippen LogP contribution in [0.2, 0.25) is 0 Å². The molecule has 0 unspecified atom stereocenters. The van der Waals surface area contributed by atoms with Gasteiger partial charge in [-0.1, -0.05) is 0 Å². The van der Waals surface area contributed by atoms with Crippen molar-refractivity contribution in [2.75, 3.05) is 12.8 Å². The van der Waals surface area contributed by atoms with E-state index in [1.807, 2.05) is 6.07 Å². The second-order valence-electron chi connectivity index (χ2n) is 2.31. The Balaban J connectivity index is 2.78. The highest BCUT2D eigenvalue weighted by molar-refractivity contribution is 7.00. The summed E-state index contributed by atoms with van der Waals surface area (Å²) in [7, 11) is 1.58. The van der Waals surface area contributed by atoms with Gasteiger partial charge in [0.05, 0.1) is 18.8 Å². The summed E-state index contributed by atoms with van der Waals surface area (Å²) in [5.41, 5.74) is 7.85. The van der Waals surface area contributed by atoms with Crippen molar-refractivity contribution in [2.24, 2.45) is 0 Å². The van der Waals surface area contributed by atoms with Crippen LogP contribution in [0.3, 0.4) is 0 Å². The van der Waals surface area contributed by atoms with E-state index in [0.717, 1.165) is 22.8 Å². The van der Waals surface area contributed by atoms with Crippen molar-refractivity contribution >= 4 is 28.4 Å². The SMILES string of the molecule is COc1ccc2nsnc2c1N. The first-order valence-corrected chi connectivity index (χ1v) is 4.10. The molecule has 2 rings (SSSR count). The first-order valence-electron chi connectivity index (χ1n) is 3.37. The van der Waals surface area contributed by atoms with Crippen LogP contribution in [0.25, 0.3) is 11.0 Å². The Hall–Kier alpha value is -1.36. The van der Waals surface area contributed by atoms with Gasteiger partial charge in [-0.25, -0.2) is 0 Å². The summed E-state index contributed by atoms with van der Waals surface area (Å²) in [6.45, 7) is 0. The number of methoxy groups -OCH3 is 1. The highest BCUT2D eigenvalue weighted by atomic mass is 32.1. The summed E-state index contributed by atoms with van der Waals surface area (Å²) >= 11 is 1.15. The third-order valence-corrected chi connectivity index (χ3v) is 2.19. The molecule has 0 saturated carbocycles. The van der Waals surface area contributed by atoms with Crippen LogP contribution >= 0.6 is 11.7 Å². The number of rotatable bonds is 1. The van der Waals surface area contributed by atoms with Crippen LogP contribution < -0.4 is 10.5 Å². The lowest BCUT2D eigenvalue weighted by Gasteiger charge is -2.02. The predicted molar refractivity (Wildman–Crippen MR) is 48.4 cm³/mol. The molecular formula is C7H7N3OS. The third-order valence-electron chi connectivity index (χ3n) is 1.65. The van der Waals surface area contributed by atoms with E-state index in [2.05, 4.69) is 8.75 Å². The zero-order valence-corrected chi connectivity index (χ0v) is 7.26. The van der Waals surface area contributed by atoms with Crippen LogP contribution in [-0.2, 0) is 0 Å². The van der Waals surface area contributed by atoms with Crippen molar-refractivity contribution in [2.45, 2.75) is 0 Å². The molecule has 0 spiro atoms. The number of ether oxygens (including phenoxy) is 1. The van der Waals surface area contributed by atoms with Crippen LogP contribution in [0.1, 0.15) is 0 Å². The second kappa shape index (κ2) is 2.60. The molecule has 2 N–H and O–H groups in total. The summed E-state index contributed by atoms with van der Waals surface area (Å²) in [6, 6.07) is 3.63. The Labute approximate surface area is 73.3 Å². The molecule has 0 atom stereocenters. The average Bonchev–Trinajstić information content (AvgIpc) is 2.53. The van der Waals surface area contributed by atoms with E-state index < -0.39 is 0 Å². The van der Waals surface area contributed by atoms with E-state index in [0.29, 0.717) is 11.4 Å². The van der Waals surface area contributed by atoms with Crippen molar-refractivity contribution in [3.63, 3.8) is 0 Å². The molecule has 0 amide bonds. The lowest BCUT2D eigenvalue weighted by molar-refractivity contribution is 0.417. The van der Waals surface area contributed by atoms with Crippen LogP contribution in [0.15, 0.2) is 12.1 Å². The normalized spacial score (nSPS) is 10.4. The number of nitrogen functional groups attached to an aromatic ring is 1. The van der Waals surface area contributed by atoms with E-state index >= 15 is 0 Å². The van der Waals surface area contributed by atoms with Crippen molar-refractivity contribution in [1.82, 2.24) is 8.75 Å². The zero-order chi connectivity index (χ0) is 8.55. The highest BCUT2D eigenvalue weighted by Crippen LogP contribution is 2.28. The quantitative estimate of drug-likeness (QED) is 0.673. The minimum absolute atomic E-state index is 0.559. The van der Waals surface area contributed by atoms with Gasteiger partial charge in [-0.3, -0.25) is 0 Å². The summed E-state index contributed by atoms with van der Waals surface area (Å²) in [6.07, 6.45) is 0. The van der Waals surface area contributed by atoms with E-state index in [9.17, 15) is 0 Å². The highest BCUT2D eigenvalue weighted by Gasteiger charge is 2.06. The monoisotopic (exact) mass is 181 g/mol. The van der Waals surface area contributed by atoms with Gasteiger partial charge in [0, 0.05) is 0 Å². The Bertz CT molecular complexity index is 412. The Morgan fingerprint density at radius 1 is 1.42 bits per heavy atom. The number of anilines is 1. The fraction of sp³-hybridized carbons (Fsp3) is 0.143. The number of benzene rings is 1. The van der Waals surface area contributed by atoms with E-state index in [4.69, 9.17) is 10.5 Å². The summed E-state index contributed by atoms with van der Waals surface area (Å²) in [4.78, 5) is 0. The molecule has 2 aromatic rings. The maximum atomic E-state index is 5.75. The van der Waals surface area contributed by atoms with Crippen LogP contribution in [0.4, 0.5) is 5.69 Å². The standard InChI is InChI=1S/C7H7N3OS/c1-11-5-3-2-4-7(6(5)8)10-12-9-4/h2-3H,8H2,1H3. The summed E-state index contributed by atoms with van der Waals surface area (Å²) < 4.78 is 13.1. The number of nitrogens with two attached hydrogens (primary N) is 1. The number of hydrogen-bond donors (Lipinski definition) is 1. The Kier molecular flexibility index (Phi) is 1.58. The van der Waals surface area contributed by atoms with E-state index in [-0.39, 0.29) is 0 Å². The fourth-order valence-corrected chi connectivity index (χ4v) is 1.58. The maximum absolute atomic E-state index is 5.75. The van der Waals surface area contributed by atoms with E-state index in [1.165, 1.54) is 0 Å². The Morgan fingerprint density at radius 2 is 2.25 bits per heavy atom. The van der Waals surface area contributed by atoms with Crippen molar-refractivity contribution in [3.8, 4) is 5.75 Å². The molecule has 1 aromatic heterocycles. The van der Waals surface area contributed by atoms with Crippen LogP contribution in [0.5, 0.6) is 5.75 Å². The molecule has 0 aliphatic carbocycles. The number of nitrogens with zero attached hydrogens (tertiary/aromatic N) is 2. The van der Waals surface area contributed by atoms with Crippen molar-refractivity contribution in [3.05, 3.63) is 12.1 Å². The van der Waals surface area contributed by atoms with E-state index in [1.54, 1.807) is 13.2 Å². The smallest absolute Gasteiger partial charge is 0.144 e. The first-order chi connectivity index (χ1) is 5.83. The van der Waals surface area contributed by atoms with Gasteiger partial charge in [-0.2, -0.15) is 8.75 Å². The second-order valence-corrected chi connectivity index (χ2v) is 2.84. The molecular weight excluding hydrogens is 174 g/mol. The molecule has 12 heavy (non-hydrogen) atoms. The lowest BCUT2D eigenvalue weighted by Crippen LogP contribution is -1.92. The number of aromatic nitrogens is 2. The largest absolute Gasteiger partial charge is 0.495 e. The molecule has 0 saturated heterocycles. The average molecular weight is 181 g/mol. The van der Waals surface area contributed by atoms with Gasteiger partial charge < -0.3 is 10.5 Å².